The van der Waals surface area contributed by atoms with Gasteiger partial charge in [0.25, 0.3) is 5.91 Å². The van der Waals surface area contributed by atoms with Crippen molar-refractivity contribution in [2.45, 2.75) is 32.2 Å². The molecule has 2 amide bonds. The first-order valence-corrected chi connectivity index (χ1v) is 6.85. The summed E-state index contributed by atoms with van der Waals surface area (Å²) in [5.74, 6) is 0.0651. The van der Waals surface area contributed by atoms with Crippen molar-refractivity contribution in [2.24, 2.45) is 11.7 Å². The Morgan fingerprint density at radius 3 is 2.29 bits per heavy atom. The number of amides is 2. The molecule has 2 rings (SSSR count). The number of hydrogen-bond acceptors (Lipinski definition) is 3. The molecule has 0 bridgehead atoms. The fourth-order valence-corrected chi connectivity index (χ4v) is 1.73. The Hall–Kier alpha value is -1.59. The fraction of sp³-hybridized carbons (Fsp3) is 0.467. The van der Waals surface area contributed by atoms with Gasteiger partial charge in [-0.2, -0.15) is 0 Å². The largest absolute Gasteiger partial charge is 0.346 e. The zero-order valence-corrected chi connectivity index (χ0v) is 13.1. The molecule has 0 saturated heterocycles. The number of carbonyl (C=O) groups excluding carboxylic acids is 2. The Balaban J connectivity index is 0.00000220. The Labute approximate surface area is 131 Å². The van der Waals surface area contributed by atoms with Crippen molar-refractivity contribution in [2.75, 3.05) is 11.9 Å². The van der Waals surface area contributed by atoms with Crippen LogP contribution in [0.25, 0.3) is 0 Å². The first-order chi connectivity index (χ1) is 9.41. The van der Waals surface area contributed by atoms with Crippen LogP contribution in [0, 0.1) is 5.92 Å². The van der Waals surface area contributed by atoms with Gasteiger partial charge in [0.05, 0.1) is 0 Å². The molecule has 0 aromatic heterocycles. The average Bonchev–Trinajstić information content (AvgIpc) is 3.23. The summed E-state index contributed by atoms with van der Waals surface area (Å²) in [5.41, 5.74) is 6.42. The molecule has 0 aliphatic heterocycles. The van der Waals surface area contributed by atoms with Crippen LogP contribution >= 0.6 is 12.4 Å². The van der Waals surface area contributed by atoms with E-state index in [4.69, 9.17) is 5.73 Å². The fourth-order valence-electron chi connectivity index (χ4n) is 1.73. The number of rotatable bonds is 5. The summed E-state index contributed by atoms with van der Waals surface area (Å²) in [6, 6.07) is 6.88. The summed E-state index contributed by atoms with van der Waals surface area (Å²) < 4.78 is 0. The van der Waals surface area contributed by atoms with Crippen LogP contribution in [-0.4, -0.2) is 23.9 Å². The van der Waals surface area contributed by atoms with Crippen LogP contribution < -0.4 is 16.4 Å². The number of carbonyl (C=O) groups is 2. The SMILES string of the molecule is CC(C)(CN)NC(=O)c1ccc(NC(=O)C2CC2)cc1.Cl. The molecule has 0 spiro atoms. The summed E-state index contributed by atoms with van der Waals surface area (Å²) in [6.45, 7) is 4.11. The Morgan fingerprint density at radius 1 is 1.24 bits per heavy atom. The van der Waals surface area contributed by atoms with E-state index in [9.17, 15) is 9.59 Å². The first-order valence-electron chi connectivity index (χ1n) is 6.85. The maximum absolute atomic E-state index is 12.0. The van der Waals surface area contributed by atoms with E-state index in [1.807, 2.05) is 13.8 Å². The summed E-state index contributed by atoms with van der Waals surface area (Å²) in [5, 5.41) is 5.70. The molecule has 1 aliphatic rings. The molecule has 1 aromatic rings. The van der Waals surface area contributed by atoms with E-state index in [1.165, 1.54) is 0 Å². The smallest absolute Gasteiger partial charge is 0.251 e. The third kappa shape index (κ3) is 5.02. The quantitative estimate of drug-likeness (QED) is 0.777. The molecule has 1 aliphatic carbocycles. The first kappa shape index (κ1) is 17.5. The molecule has 0 atom stereocenters. The summed E-state index contributed by atoms with van der Waals surface area (Å²) >= 11 is 0. The molecule has 1 aromatic carbocycles. The Kier molecular flexibility index (Phi) is 5.75. The second-order valence-corrected chi connectivity index (χ2v) is 5.88. The minimum atomic E-state index is -0.435. The van der Waals surface area contributed by atoms with Crippen molar-refractivity contribution < 1.29 is 9.59 Å². The lowest BCUT2D eigenvalue weighted by Crippen LogP contribution is -2.48. The van der Waals surface area contributed by atoms with E-state index in [-0.39, 0.29) is 30.1 Å². The lowest BCUT2D eigenvalue weighted by molar-refractivity contribution is -0.117. The topological polar surface area (TPSA) is 84.2 Å². The van der Waals surface area contributed by atoms with Gasteiger partial charge in [0.1, 0.15) is 0 Å². The van der Waals surface area contributed by atoms with Crippen molar-refractivity contribution in [3.05, 3.63) is 29.8 Å². The highest BCUT2D eigenvalue weighted by atomic mass is 35.5. The van der Waals surface area contributed by atoms with E-state index in [0.29, 0.717) is 12.1 Å². The van der Waals surface area contributed by atoms with Gasteiger partial charge in [0, 0.05) is 29.3 Å². The third-order valence-electron chi connectivity index (χ3n) is 3.32. The van der Waals surface area contributed by atoms with Gasteiger partial charge in [-0.3, -0.25) is 9.59 Å². The van der Waals surface area contributed by atoms with Gasteiger partial charge in [-0.15, -0.1) is 12.4 Å². The third-order valence-corrected chi connectivity index (χ3v) is 3.32. The molecule has 4 N–H and O–H groups in total. The molecule has 116 valence electrons. The van der Waals surface area contributed by atoms with Crippen LogP contribution in [0.5, 0.6) is 0 Å². The summed E-state index contributed by atoms with van der Waals surface area (Å²) in [4.78, 5) is 23.6. The van der Waals surface area contributed by atoms with Crippen LogP contribution in [0.1, 0.15) is 37.0 Å². The lowest BCUT2D eigenvalue weighted by atomic mass is 10.1. The molecule has 1 fully saturated rings. The van der Waals surface area contributed by atoms with Crippen LogP contribution in [-0.2, 0) is 4.79 Å². The standard InChI is InChI=1S/C15H21N3O2.ClH/c1-15(2,9-16)18-14(20)11-5-7-12(8-6-11)17-13(19)10-3-4-10;/h5-8,10H,3-4,9,16H2,1-2H3,(H,17,19)(H,18,20);1H. The van der Waals surface area contributed by atoms with E-state index in [1.54, 1.807) is 24.3 Å². The lowest BCUT2D eigenvalue weighted by Gasteiger charge is -2.24. The van der Waals surface area contributed by atoms with Gasteiger partial charge in [-0.25, -0.2) is 0 Å². The van der Waals surface area contributed by atoms with E-state index < -0.39 is 5.54 Å². The normalized spacial score (nSPS) is 14.0. The van der Waals surface area contributed by atoms with Crippen molar-refractivity contribution >= 4 is 29.9 Å². The van der Waals surface area contributed by atoms with Gasteiger partial charge in [-0.05, 0) is 51.0 Å². The van der Waals surface area contributed by atoms with Gasteiger partial charge < -0.3 is 16.4 Å². The Morgan fingerprint density at radius 2 is 1.81 bits per heavy atom. The number of hydrogen-bond donors (Lipinski definition) is 3. The predicted molar refractivity (Wildman–Crippen MR) is 85.6 cm³/mol. The maximum Gasteiger partial charge on any atom is 0.251 e. The molecule has 1 saturated carbocycles. The van der Waals surface area contributed by atoms with Crippen molar-refractivity contribution in [1.82, 2.24) is 5.32 Å². The molecular weight excluding hydrogens is 290 g/mol. The van der Waals surface area contributed by atoms with Crippen molar-refractivity contribution in [3.8, 4) is 0 Å². The number of benzene rings is 1. The molecule has 0 unspecified atom stereocenters. The molecule has 0 heterocycles. The van der Waals surface area contributed by atoms with Gasteiger partial charge in [0.2, 0.25) is 5.91 Å². The minimum absolute atomic E-state index is 0. The average molecular weight is 312 g/mol. The number of halogens is 1. The second-order valence-electron chi connectivity index (χ2n) is 5.88. The molecule has 5 nitrogen and oxygen atoms in total. The maximum atomic E-state index is 12.0. The van der Waals surface area contributed by atoms with Gasteiger partial charge >= 0.3 is 0 Å². The highest BCUT2D eigenvalue weighted by molar-refractivity contribution is 5.97. The minimum Gasteiger partial charge on any atom is -0.346 e. The van der Waals surface area contributed by atoms with Crippen LogP contribution in [0.4, 0.5) is 5.69 Å². The van der Waals surface area contributed by atoms with E-state index in [0.717, 1.165) is 18.5 Å². The van der Waals surface area contributed by atoms with Crippen molar-refractivity contribution in [3.63, 3.8) is 0 Å². The molecule has 0 radical (unpaired) electrons. The van der Waals surface area contributed by atoms with E-state index >= 15 is 0 Å². The van der Waals surface area contributed by atoms with Crippen LogP contribution in [0.3, 0.4) is 0 Å². The number of anilines is 1. The van der Waals surface area contributed by atoms with E-state index in [2.05, 4.69) is 10.6 Å². The number of nitrogens with one attached hydrogen (secondary N) is 2. The zero-order chi connectivity index (χ0) is 14.8. The van der Waals surface area contributed by atoms with Gasteiger partial charge in [0.15, 0.2) is 0 Å². The molecule has 21 heavy (non-hydrogen) atoms. The second kappa shape index (κ2) is 6.91. The van der Waals surface area contributed by atoms with Crippen molar-refractivity contribution in [1.29, 1.82) is 0 Å². The molecule has 6 heteroatoms. The Bertz CT molecular complexity index is 510. The summed E-state index contributed by atoms with van der Waals surface area (Å²) in [7, 11) is 0. The highest BCUT2D eigenvalue weighted by Gasteiger charge is 2.29. The number of nitrogens with two attached hydrogens (primary N) is 1. The predicted octanol–water partition coefficient (Wildman–Crippen LogP) is 1.92. The van der Waals surface area contributed by atoms with Gasteiger partial charge in [-0.1, -0.05) is 0 Å². The van der Waals surface area contributed by atoms with Crippen LogP contribution in [0.2, 0.25) is 0 Å². The molecular formula is C15H22ClN3O2. The highest BCUT2D eigenvalue weighted by Crippen LogP contribution is 2.30. The summed E-state index contributed by atoms with van der Waals surface area (Å²) in [6.07, 6.45) is 1.95. The zero-order valence-electron chi connectivity index (χ0n) is 12.3. The van der Waals surface area contributed by atoms with Crippen LogP contribution in [0.15, 0.2) is 24.3 Å². The monoisotopic (exact) mass is 311 g/mol.